The lowest BCUT2D eigenvalue weighted by Gasteiger charge is -2.15. The van der Waals surface area contributed by atoms with Gasteiger partial charge in [0.1, 0.15) is 6.04 Å². The summed E-state index contributed by atoms with van der Waals surface area (Å²) in [5, 5.41) is 13.1. The number of carboxylic acid groups (broad SMARTS) is 1. The predicted octanol–water partition coefficient (Wildman–Crippen LogP) is 3.56. The van der Waals surface area contributed by atoms with Crippen molar-refractivity contribution < 1.29 is 9.90 Å². The summed E-state index contributed by atoms with van der Waals surface area (Å²) >= 11 is 5.82. The first-order valence-corrected chi connectivity index (χ1v) is 6.71. The number of aryl methyl sites for hydroxylation is 1. The van der Waals surface area contributed by atoms with Crippen molar-refractivity contribution in [3.8, 4) is 0 Å². The van der Waals surface area contributed by atoms with Crippen molar-refractivity contribution in [3.05, 3.63) is 70.2 Å². The molecule has 2 rings (SSSR count). The number of hydrogen-bond donors (Lipinski definition) is 2. The summed E-state index contributed by atoms with van der Waals surface area (Å²) in [5.41, 5.74) is 2.79. The first kappa shape index (κ1) is 14.6. The molecule has 2 aromatic rings. The van der Waals surface area contributed by atoms with Crippen LogP contribution in [0.25, 0.3) is 0 Å². The van der Waals surface area contributed by atoms with E-state index in [1.807, 2.05) is 43.3 Å². The maximum Gasteiger partial charge on any atom is 0.325 e. The van der Waals surface area contributed by atoms with Gasteiger partial charge in [-0.3, -0.25) is 10.1 Å². The second-order valence-corrected chi connectivity index (χ2v) is 5.13. The highest BCUT2D eigenvalue weighted by Crippen LogP contribution is 2.16. The molecule has 0 amide bonds. The number of hydrogen-bond acceptors (Lipinski definition) is 2. The van der Waals surface area contributed by atoms with Crippen LogP contribution < -0.4 is 5.32 Å². The minimum absolute atomic E-state index is 0.474. The maximum atomic E-state index is 11.4. The molecule has 2 N–H and O–H groups in total. The largest absolute Gasteiger partial charge is 0.480 e. The molecule has 0 saturated heterocycles. The topological polar surface area (TPSA) is 49.3 Å². The number of nitrogens with one attached hydrogen (secondary N) is 1. The van der Waals surface area contributed by atoms with E-state index in [0.29, 0.717) is 11.6 Å². The molecule has 1 unspecified atom stereocenters. The molecule has 0 aliphatic carbocycles. The number of rotatable bonds is 5. The molecule has 0 aliphatic rings. The van der Waals surface area contributed by atoms with E-state index in [2.05, 4.69) is 5.32 Å². The highest BCUT2D eigenvalue weighted by atomic mass is 35.5. The molecule has 0 spiro atoms. The Labute approximate surface area is 123 Å². The molecular weight excluding hydrogens is 274 g/mol. The van der Waals surface area contributed by atoms with Crippen LogP contribution >= 0.6 is 11.6 Å². The molecule has 0 aliphatic heterocycles. The fourth-order valence-electron chi connectivity index (χ4n) is 2.02. The van der Waals surface area contributed by atoms with E-state index in [-0.39, 0.29) is 0 Å². The second-order valence-electron chi connectivity index (χ2n) is 4.69. The Morgan fingerprint density at radius 1 is 1.25 bits per heavy atom. The van der Waals surface area contributed by atoms with Crippen LogP contribution in [0.2, 0.25) is 5.02 Å². The van der Waals surface area contributed by atoms with E-state index in [1.54, 1.807) is 12.1 Å². The van der Waals surface area contributed by atoms with Gasteiger partial charge in [-0.25, -0.2) is 0 Å². The minimum Gasteiger partial charge on any atom is -0.480 e. The van der Waals surface area contributed by atoms with Crippen molar-refractivity contribution in [1.82, 2.24) is 5.32 Å². The predicted molar refractivity (Wildman–Crippen MR) is 79.8 cm³/mol. The third-order valence-corrected chi connectivity index (χ3v) is 3.30. The van der Waals surface area contributed by atoms with Gasteiger partial charge in [-0.2, -0.15) is 0 Å². The number of carbonyl (C=O) groups is 1. The fourth-order valence-corrected chi connectivity index (χ4v) is 2.15. The highest BCUT2D eigenvalue weighted by molar-refractivity contribution is 6.30. The normalized spacial score (nSPS) is 12.1. The van der Waals surface area contributed by atoms with Gasteiger partial charge in [-0.1, -0.05) is 53.6 Å². The standard InChI is InChI=1S/C16H16ClNO2/c1-11-3-2-4-13(9-11)15(16(19)20)18-10-12-5-7-14(17)8-6-12/h2-9,15,18H,10H2,1H3,(H,19,20). The van der Waals surface area contributed by atoms with Crippen LogP contribution in [-0.4, -0.2) is 11.1 Å². The van der Waals surface area contributed by atoms with E-state index in [0.717, 1.165) is 16.7 Å². The molecule has 0 radical (unpaired) electrons. The number of aliphatic carboxylic acids is 1. The van der Waals surface area contributed by atoms with Crippen molar-refractivity contribution in [3.63, 3.8) is 0 Å². The first-order chi connectivity index (χ1) is 9.56. The van der Waals surface area contributed by atoms with E-state index < -0.39 is 12.0 Å². The molecular formula is C16H16ClNO2. The van der Waals surface area contributed by atoms with Crippen LogP contribution in [0, 0.1) is 6.92 Å². The Bertz CT molecular complexity index is 596. The lowest BCUT2D eigenvalue weighted by atomic mass is 10.0. The van der Waals surface area contributed by atoms with Gasteiger partial charge in [0.05, 0.1) is 0 Å². The molecule has 20 heavy (non-hydrogen) atoms. The molecule has 1 atom stereocenters. The Kier molecular flexibility index (Phi) is 4.77. The lowest BCUT2D eigenvalue weighted by molar-refractivity contribution is -0.139. The van der Waals surface area contributed by atoms with Gasteiger partial charge >= 0.3 is 5.97 Å². The quantitative estimate of drug-likeness (QED) is 0.885. The van der Waals surface area contributed by atoms with Gasteiger partial charge < -0.3 is 5.11 Å². The van der Waals surface area contributed by atoms with Gasteiger partial charge in [-0.15, -0.1) is 0 Å². The van der Waals surface area contributed by atoms with E-state index in [1.165, 1.54) is 0 Å². The van der Waals surface area contributed by atoms with E-state index in [4.69, 9.17) is 11.6 Å². The van der Waals surface area contributed by atoms with Crippen molar-refractivity contribution >= 4 is 17.6 Å². The average molecular weight is 290 g/mol. The van der Waals surface area contributed by atoms with E-state index >= 15 is 0 Å². The molecule has 0 fully saturated rings. The highest BCUT2D eigenvalue weighted by Gasteiger charge is 2.18. The molecule has 0 heterocycles. The molecule has 2 aromatic carbocycles. The van der Waals surface area contributed by atoms with Gasteiger partial charge in [0, 0.05) is 11.6 Å². The molecule has 104 valence electrons. The van der Waals surface area contributed by atoms with Gasteiger partial charge in [-0.05, 0) is 30.2 Å². The Hall–Kier alpha value is -1.84. The SMILES string of the molecule is Cc1cccc(C(NCc2ccc(Cl)cc2)C(=O)O)c1. The monoisotopic (exact) mass is 289 g/mol. The zero-order valence-electron chi connectivity index (χ0n) is 11.1. The smallest absolute Gasteiger partial charge is 0.325 e. The average Bonchev–Trinajstić information content (AvgIpc) is 2.41. The van der Waals surface area contributed by atoms with Crippen molar-refractivity contribution in [1.29, 1.82) is 0 Å². The van der Waals surface area contributed by atoms with Crippen molar-refractivity contribution in [2.45, 2.75) is 19.5 Å². The number of carboxylic acids is 1. The minimum atomic E-state index is -0.885. The summed E-state index contributed by atoms with van der Waals surface area (Å²) in [6, 6.07) is 14.1. The van der Waals surface area contributed by atoms with Crippen LogP contribution in [-0.2, 0) is 11.3 Å². The fraction of sp³-hybridized carbons (Fsp3) is 0.188. The molecule has 0 saturated carbocycles. The maximum absolute atomic E-state index is 11.4. The zero-order chi connectivity index (χ0) is 14.5. The Balaban J connectivity index is 2.10. The molecule has 0 bridgehead atoms. The van der Waals surface area contributed by atoms with Crippen LogP contribution in [0.15, 0.2) is 48.5 Å². The number of benzene rings is 2. The van der Waals surface area contributed by atoms with E-state index in [9.17, 15) is 9.90 Å². The summed E-state index contributed by atoms with van der Waals surface area (Å²) in [7, 11) is 0. The number of halogens is 1. The van der Waals surface area contributed by atoms with Gasteiger partial charge in [0.25, 0.3) is 0 Å². The van der Waals surface area contributed by atoms with Crippen LogP contribution in [0.3, 0.4) is 0 Å². The Morgan fingerprint density at radius 3 is 2.55 bits per heavy atom. The Morgan fingerprint density at radius 2 is 1.95 bits per heavy atom. The second kappa shape index (κ2) is 6.55. The summed E-state index contributed by atoms with van der Waals surface area (Å²) in [6.07, 6.45) is 0. The van der Waals surface area contributed by atoms with Gasteiger partial charge in [0.2, 0.25) is 0 Å². The lowest BCUT2D eigenvalue weighted by Crippen LogP contribution is -2.28. The van der Waals surface area contributed by atoms with Gasteiger partial charge in [0.15, 0.2) is 0 Å². The summed E-state index contributed by atoms with van der Waals surface area (Å²) in [4.78, 5) is 11.4. The van der Waals surface area contributed by atoms with Crippen LogP contribution in [0.5, 0.6) is 0 Å². The molecule has 3 nitrogen and oxygen atoms in total. The summed E-state index contributed by atoms with van der Waals surface area (Å²) < 4.78 is 0. The third kappa shape index (κ3) is 3.83. The zero-order valence-corrected chi connectivity index (χ0v) is 11.9. The van der Waals surface area contributed by atoms with Crippen LogP contribution in [0.4, 0.5) is 0 Å². The summed E-state index contributed by atoms with van der Waals surface area (Å²) in [5.74, 6) is -0.885. The third-order valence-electron chi connectivity index (χ3n) is 3.05. The van der Waals surface area contributed by atoms with Crippen molar-refractivity contribution in [2.75, 3.05) is 0 Å². The molecule has 0 aromatic heterocycles. The molecule has 4 heteroatoms. The van der Waals surface area contributed by atoms with Crippen molar-refractivity contribution in [2.24, 2.45) is 0 Å². The first-order valence-electron chi connectivity index (χ1n) is 6.33. The van der Waals surface area contributed by atoms with Crippen LogP contribution in [0.1, 0.15) is 22.7 Å². The summed E-state index contributed by atoms with van der Waals surface area (Å²) in [6.45, 7) is 2.42.